The van der Waals surface area contributed by atoms with Crippen LogP contribution < -0.4 is 5.73 Å². The largest absolute Gasteiger partial charge is 0.381 e. The molecule has 2 rings (SSSR count). The van der Waals surface area contributed by atoms with E-state index in [4.69, 9.17) is 5.73 Å². The predicted molar refractivity (Wildman–Crippen MR) is 42.5 cm³/mol. The van der Waals surface area contributed by atoms with Crippen LogP contribution in [0, 0.1) is 0 Å². The Kier molecular flexibility index (Phi) is 1.33. The molecule has 2 N–H and O–H groups in total. The van der Waals surface area contributed by atoms with Gasteiger partial charge in [0.2, 0.25) is 0 Å². The van der Waals surface area contributed by atoms with E-state index >= 15 is 0 Å². The Labute approximate surface area is 68.6 Å². The lowest BCUT2D eigenvalue weighted by Crippen LogP contribution is -1.97. The van der Waals surface area contributed by atoms with E-state index in [1.54, 1.807) is 10.9 Å². The summed E-state index contributed by atoms with van der Waals surface area (Å²) in [6.07, 6.45) is 3.44. The van der Waals surface area contributed by atoms with Crippen molar-refractivity contribution in [2.24, 2.45) is 7.05 Å². The summed E-state index contributed by atoms with van der Waals surface area (Å²) >= 11 is 0. The first-order valence-corrected chi connectivity index (χ1v) is 3.43. The minimum absolute atomic E-state index is 0.389. The van der Waals surface area contributed by atoms with Crippen LogP contribution in [0.25, 0.3) is 5.82 Å². The van der Waals surface area contributed by atoms with Gasteiger partial charge in [-0.1, -0.05) is 5.21 Å². The van der Waals surface area contributed by atoms with E-state index in [1.807, 2.05) is 19.3 Å². The summed E-state index contributed by atoms with van der Waals surface area (Å²) in [6, 6.07) is 1.83. The summed E-state index contributed by atoms with van der Waals surface area (Å²) in [5.41, 5.74) is 5.39. The number of nitrogen functional groups attached to an aromatic ring is 1. The molecule has 0 saturated heterocycles. The molecule has 62 valence electrons. The van der Waals surface area contributed by atoms with Crippen LogP contribution in [0.15, 0.2) is 18.5 Å². The topological polar surface area (TPSA) is 74.5 Å². The molecule has 0 radical (unpaired) electrons. The summed E-state index contributed by atoms with van der Waals surface area (Å²) in [4.78, 5) is 0. The Morgan fingerprint density at radius 1 is 1.50 bits per heavy atom. The maximum atomic E-state index is 5.39. The van der Waals surface area contributed by atoms with Crippen molar-refractivity contribution in [1.82, 2.24) is 24.8 Å². The molecule has 0 aliphatic heterocycles. The lowest BCUT2D eigenvalue weighted by atomic mass is 10.6. The average Bonchev–Trinajstić information content (AvgIpc) is 2.58. The van der Waals surface area contributed by atoms with E-state index < -0.39 is 0 Å². The van der Waals surface area contributed by atoms with E-state index in [1.165, 1.54) is 4.68 Å². The highest BCUT2D eigenvalue weighted by Crippen LogP contribution is 2.02. The maximum Gasteiger partial charge on any atom is 0.176 e. The molecular weight excluding hydrogens is 156 g/mol. The Morgan fingerprint density at radius 2 is 2.33 bits per heavy atom. The van der Waals surface area contributed by atoms with Gasteiger partial charge in [0.15, 0.2) is 11.6 Å². The molecule has 2 heterocycles. The molecule has 0 aromatic carbocycles. The SMILES string of the molecule is Cn1ccc(-n2cc(N)nn2)n1. The Morgan fingerprint density at radius 3 is 2.83 bits per heavy atom. The molecule has 2 aromatic rings. The minimum Gasteiger partial charge on any atom is -0.381 e. The highest BCUT2D eigenvalue weighted by Gasteiger charge is 2.01. The zero-order chi connectivity index (χ0) is 8.55. The van der Waals surface area contributed by atoms with Gasteiger partial charge in [0.25, 0.3) is 0 Å². The fourth-order valence-corrected chi connectivity index (χ4v) is 0.914. The smallest absolute Gasteiger partial charge is 0.176 e. The molecular formula is C6H8N6. The van der Waals surface area contributed by atoms with Crippen molar-refractivity contribution in [2.45, 2.75) is 0 Å². The van der Waals surface area contributed by atoms with E-state index in [9.17, 15) is 0 Å². The molecule has 0 unspecified atom stereocenters. The lowest BCUT2D eigenvalue weighted by molar-refractivity contribution is 0.715. The van der Waals surface area contributed by atoms with Crippen molar-refractivity contribution >= 4 is 5.82 Å². The number of aryl methyl sites for hydroxylation is 1. The third-order valence-corrected chi connectivity index (χ3v) is 1.45. The minimum atomic E-state index is 0.389. The third-order valence-electron chi connectivity index (χ3n) is 1.45. The number of nitrogens with two attached hydrogens (primary N) is 1. The van der Waals surface area contributed by atoms with Gasteiger partial charge in [0.05, 0.1) is 6.20 Å². The van der Waals surface area contributed by atoms with Gasteiger partial charge in [0.1, 0.15) is 0 Å². The van der Waals surface area contributed by atoms with Gasteiger partial charge in [0, 0.05) is 19.3 Å². The number of rotatable bonds is 1. The van der Waals surface area contributed by atoms with Crippen LogP contribution in [-0.4, -0.2) is 24.8 Å². The third kappa shape index (κ3) is 1.03. The second-order valence-corrected chi connectivity index (χ2v) is 2.44. The molecule has 0 aliphatic rings. The van der Waals surface area contributed by atoms with Crippen molar-refractivity contribution in [3.63, 3.8) is 0 Å². The monoisotopic (exact) mass is 164 g/mol. The van der Waals surface area contributed by atoms with Crippen LogP contribution in [-0.2, 0) is 7.05 Å². The maximum absolute atomic E-state index is 5.39. The van der Waals surface area contributed by atoms with Crippen LogP contribution >= 0.6 is 0 Å². The number of anilines is 1. The first kappa shape index (κ1) is 6.84. The highest BCUT2D eigenvalue weighted by molar-refractivity contribution is 5.26. The highest BCUT2D eigenvalue weighted by atomic mass is 15.5. The number of hydrogen-bond donors (Lipinski definition) is 1. The molecule has 2 aromatic heterocycles. The quantitative estimate of drug-likeness (QED) is 0.621. The Bertz CT molecular complexity index is 348. The molecule has 0 atom stereocenters. The molecule has 6 heteroatoms. The van der Waals surface area contributed by atoms with Crippen molar-refractivity contribution in [3.8, 4) is 5.82 Å². The standard InChI is InChI=1S/C6H8N6/c1-11-3-2-6(9-11)12-4-5(7)8-10-12/h2-4H,7H2,1H3. The van der Waals surface area contributed by atoms with E-state index in [0.29, 0.717) is 11.6 Å². The van der Waals surface area contributed by atoms with Gasteiger partial charge in [-0.2, -0.15) is 9.78 Å². The second kappa shape index (κ2) is 2.33. The fourth-order valence-electron chi connectivity index (χ4n) is 0.914. The molecule has 6 nitrogen and oxygen atoms in total. The van der Waals surface area contributed by atoms with E-state index in [0.717, 1.165) is 0 Å². The first-order chi connectivity index (χ1) is 5.75. The van der Waals surface area contributed by atoms with Gasteiger partial charge < -0.3 is 5.73 Å². The van der Waals surface area contributed by atoms with E-state index in [2.05, 4.69) is 15.4 Å². The number of aromatic nitrogens is 5. The van der Waals surface area contributed by atoms with Gasteiger partial charge in [-0.05, 0) is 0 Å². The average molecular weight is 164 g/mol. The molecule has 0 amide bonds. The summed E-state index contributed by atoms with van der Waals surface area (Å²) in [5.74, 6) is 1.10. The van der Waals surface area contributed by atoms with Crippen LogP contribution in [0.2, 0.25) is 0 Å². The van der Waals surface area contributed by atoms with Crippen molar-refractivity contribution in [2.75, 3.05) is 5.73 Å². The molecule has 0 bridgehead atoms. The molecule has 0 saturated carbocycles. The van der Waals surface area contributed by atoms with Crippen LogP contribution in [0.4, 0.5) is 5.82 Å². The number of hydrogen-bond acceptors (Lipinski definition) is 4. The fraction of sp³-hybridized carbons (Fsp3) is 0.167. The van der Waals surface area contributed by atoms with Gasteiger partial charge in [-0.15, -0.1) is 5.10 Å². The first-order valence-electron chi connectivity index (χ1n) is 3.43. The summed E-state index contributed by atoms with van der Waals surface area (Å²) < 4.78 is 3.21. The van der Waals surface area contributed by atoms with Gasteiger partial charge >= 0.3 is 0 Å². The van der Waals surface area contributed by atoms with E-state index in [-0.39, 0.29) is 0 Å². The Hall–Kier alpha value is -1.85. The molecule has 0 aliphatic carbocycles. The zero-order valence-electron chi connectivity index (χ0n) is 6.55. The van der Waals surface area contributed by atoms with Crippen molar-refractivity contribution in [3.05, 3.63) is 18.5 Å². The summed E-state index contributed by atoms with van der Waals surface area (Å²) in [6.45, 7) is 0. The molecule has 0 spiro atoms. The van der Waals surface area contributed by atoms with Gasteiger partial charge in [-0.3, -0.25) is 4.68 Å². The van der Waals surface area contributed by atoms with Crippen molar-refractivity contribution < 1.29 is 0 Å². The predicted octanol–water partition coefficient (Wildman–Crippen LogP) is -0.417. The van der Waals surface area contributed by atoms with Crippen LogP contribution in [0.1, 0.15) is 0 Å². The van der Waals surface area contributed by atoms with Crippen LogP contribution in [0.5, 0.6) is 0 Å². The second-order valence-electron chi connectivity index (χ2n) is 2.44. The zero-order valence-corrected chi connectivity index (χ0v) is 6.55. The lowest BCUT2D eigenvalue weighted by Gasteiger charge is -1.90. The molecule has 0 fully saturated rings. The Balaban J connectivity index is 2.43. The normalized spacial score (nSPS) is 10.4. The van der Waals surface area contributed by atoms with Crippen LogP contribution in [0.3, 0.4) is 0 Å². The summed E-state index contributed by atoms with van der Waals surface area (Å²) in [5, 5.41) is 11.5. The number of nitrogens with zero attached hydrogens (tertiary/aromatic N) is 5. The summed E-state index contributed by atoms with van der Waals surface area (Å²) in [7, 11) is 1.84. The molecule has 12 heavy (non-hydrogen) atoms. The van der Waals surface area contributed by atoms with Gasteiger partial charge in [-0.25, -0.2) is 0 Å². The van der Waals surface area contributed by atoms with Crippen molar-refractivity contribution in [1.29, 1.82) is 0 Å².